The van der Waals surface area contributed by atoms with Crippen LogP contribution in [-0.4, -0.2) is 18.9 Å². The van der Waals surface area contributed by atoms with Crippen molar-refractivity contribution >= 4 is 28.8 Å². The molecule has 0 radical (unpaired) electrons. The molecule has 0 fully saturated rings. The van der Waals surface area contributed by atoms with Gasteiger partial charge in [0.05, 0.1) is 18.4 Å². The summed E-state index contributed by atoms with van der Waals surface area (Å²) in [7, 11) is 1.55. The molecule has 0 atom stereocenters. The van der Waals surface area contributed by atoms with E-state index in [0.29, 0.717) is 22.7 Å². The number of hydrogen-bond acceptors (Lipinski definition) is 4. The van der Waals surface area contributed by atoms with Gasteiger partial charge in [0.15, 0.2) is 0 Å². The number of amides is 2. The van der Waals surface area contributed by atoms with E-state index >= 15 is 0 Å². The van der Waals surface area contributed by atoms with Gasteiger partial charge in [0, 0.05) is 5.69 Å². The molecule has 4 rings (SSSR count). The Balaban J connectivity index is 1.82. The monoisotopic (exact) mass is 416 g/mol. The van der Waals surface area contributed by atoms with E-state index in [0.717, 1.165) is 16.0 Å². The second-order valence-electron chi connectivity index (χ2n) is 7.33. The van der Waals surface area contributed by atoms with Crippen molar-refractivity contribution in [2.45, 2.75) is 13.8 Å². The molecule has 1 aliphatic heterocycles. The van der Waals surface area contributed by atoms with Crippen molar-refractivity contribution in [2.24, 2.45) is 0 Å². The van der Waals surface area contributed by atoms with Gasteiger partial charge < -0.3 is 10.1 Å². The minimum absolute atomic E-state index is 0.0963. The highest BCUT2D eigenvalue weighted by molar-refractivity contribution is 6.46. The Hall–Kier alpha value is -3.93. The third kappa shape index (κ3) is 3.80. The van der Waals surface area contributed by atoms with E-state index < -0.39 is 17.6 Å². The number of nitrogens with zero attached hydrogens (tertiary/aromatic N) is 1. The van der Waals surface area contributed by atoms with Crippen LogP contribution in [0.2, 0.25) is 0 Å². The van der Waals surface area contributed by atoms with Gasteiger partial charge in [-0.2, -0.15) is 0 Å². The first-order chi connectivity index (χ1) is 14.9. The van der Waals surface area contributed by atoms with E-state index in [-0.39, 0.29) is 11.3 Å². The Bertz CT molecular complexity index is 1220. The number of imide groups is 1. The normalized spacial score (nSPS) is 13.7. The number of halogens is 1. The fourth-order valence-corrected chi connectivity index (χ4v) is 3.48. The van der Waals surface area contributed by atoms with Crippen LogP contribution in [0.1, 0.15) is 16.7 Å². The first-order valence-electron chi connectivity index (χ1n) is 9.76. The first-order valence-corrected chi connectivity index (χ1v) is 9.76. The molecule has 0 bridgehead atoms. The first kappa shape index (κ1) is 20.3. The third-order valence-electron chi connectivity index (χ3n) is 5.31. The standard InChI is InChI=1S/C25H21FN2O3/c1-15-7-10-20(13-16(15)2)28-24(29)22(17-8-11-21(31-3)12-9-17)23(25(28)30)27-19-6-4-5-18(26)14-19/h4-14,27H,1-3H3. The van der Waals surface area contributed by atoms with Crippen LogP contribution in [0.5, 0.6) is 5.75 Å². The Kier molecular flexibility index (Phi) is 5.29. The van der Waals surface area contributed by atoms with Crippen molar-refractivity contribution < 1.29 is 18.7 Å². The zero-order chi connectivity index (χ0) is 22.1. The summed E-state index contributed by atoms with van der Waals surface area (Å²) in [4.78, 5) is 28.0. The maximum Gasteiger partial charge on any atom is 0.282 e. The summed E-state index contributed by atoms with van der Waals surface area (Å²) in [5.74, 6) is -0.758. The lowest BCUT2D eigenvalue weighted by molar-refractivity contribution is -0.120. The van der Waals surface area contributed by atoms with Crippen molar-refractivity contribution in [3.8, 4) is 5.75 Å². The summed E-state index contributed by atoms with van der Waals surface area (Å²) in [5, 5.41) is 2.96. The number of hydrogen-bond donors (Lipinski definition) is 1. The summed E-state index contributed by atoms with van der Waals surface area (Å²) < 4.78 is 18.9. The lowest BCUT2D eigenvalue weighted by atomic mass is 10.0. The molecule has 0 aromatic heterocycles. The van der Waals surface area contributed by atoms with Gasteiger partial charge in [-0.15, -0.1) is 0 Å². The number of nitrogens with one attached hydrogen (secondary N) is 1. The number of ether oxygens (including phenoxy) is 1. The molecule has 3 aromatic carbocycles. The summed E-state index contributed by atoms with van der Waals surface area (Å²) in [6, 6.07) is 18.1. The maximum absolute atomic E-state index is 13.7. The molecule has 2 amide bonds. The smallest absolute Gasteiger partial charge is 0.282 e. The van der Waals surface area contributed by atoms with Gasteiger partial charge in [-0.3, -0.25) is 9.59 Å². The molecular formula is C25H21FN2O3. The minimum atomic E-state index is -0.497. The second kappa shape index (κ2) is 8.07. The van der Waals surface area contributed by atoms with Crippen molar-refractivity contribution in [3.63, 3.8) is 0 Å². The van der Waals surface area contributed by atoms with Gasteiger partial charge in [0.25, 0.3) is 11.8 Å². The zero-order valence-electron chi connectivity index (χ0n) is 17.4. The lowest BCUT2D eigenvalue weighted by Crippen LogP contribution is -2.32. The maximum atomic E-state index is 13.7. The molecule has 31 heavy (non-hydrogen) atoms. The van der Waals surface area contributed by atoms with E-state index in [4.69, 9.17) is 4.74 Å². The molecule has 0 unspecified atom stereocenters. The van der Waals surface area contributed by atoms with Crippen molar-refractivity contribution in [2.75, 3.05) is 17.3 Å². The highest BCUT2D eigenvalue weighted by Gasteiger charge is 2.40. The molecule has 156 valence electrons. The zero-order valence-corrected chi connectivity index (χ0v) is 17.4. The van der Waals surface area contributed by atoms with Crippen molar-refractivity contribution in [1.82, 2.24) is 0 Å². The van der Waals surface area contributed by atoms with Gasteiger partial charge in [-0.1, -0.05) is 24.3 Å². The molecule has 0 saturated heterocycles. The largest absolute Gasteiger partial charge is 0.497 e. The predicted molar refractivity (Wildman–Crippen MR) is 118 cm³/mol. The van der Waals surface area contributed by atoms with Crippen LogP contribution in [0.4, 0.5) is 15.8 Å². The van der Waals surface area contributed by atoms with E-state index in [2.05, 4.69) is 5.32 Å². The topological polar surface area (TPSA) is 58.6 Å². The highest BCUT2D eigenvalue weighted by atomic mass is 19.1. The summed E-state index contributed by atoms with van der Waals surface area (Å²) in [5.41, 5.74) is 3.77. The second-order valence-corrected chi connectivity index (χ2v) is 7.33. The molecule has 3 aromatic rings. The molecule has 1 aliphatic rings. The van der Waals surface area contributed by atoms with Gasteiger partial charge in [0.1, 0.15) is 17.3 Å². The molecule has 6 heteroatoms. The highest BCUT2D eigenvalue weighted by Crippen LogP contribution is 2.35. The number of anilines is 2. The van der Waals surface area contributed by atoms with Gasteiger partial charge in [-0.25, -0.2) is 9.29 Å². The van der Waals surface area contributed by atoms with Crippen LogP contribution < -0.4 is 15.0 Å². The number of carbonyl (C=O) groups is 2. The molecule has 0 saturated carbocycles. The quantitative estimate of drug-likeness (QED) is 0.604. The number of rotatable bonds is 5. The number of aryl methyl sites for hydroxylation is 2. The van der Waals surface area contributed by atoms with E-state index in [1.807, 2.05) is 26.0 Å². The van der Waals surface area contributed by atoms with E-state index in [1.54, 1.807) is 43.5 Å². The van der Waals surface area contributed by atoms with Crippen LogP contribution in [-0.2, 0) is 9.59 Å². The minimum Gasteiger partial charge on any atom is -0.497 e. The van der Waals surface area contributed by atoms with Gasteiger partial charge in [0.2, 0.25) is 0 Å². The number of carbonyl (C=O) groups excluding carboxylic acids is 2. The van der Waals surface area contributed by atoms with Crippen LogP contribution >= 0.6 is 0 Å². The average Bonchev–Trinajstić information content (AvgIpc) is 3.00. The Morgan fingerprint density at radius 1 is 0.871 bits per heavy atom. The molecular weight excluding hydrogens is 395 g/mol. The summed E-state index contributed by atoms with van der Waals surface area (Å²) in [6.07, 6.45) is 0. The summed E-state index contributed by atoms with van der Waals surface area (Å²) >= 11 is 0. The Labute approximate surface area is 179 Å². The van der Waals surface area contributed by atoms with Crippen molar-refractivity contribution in [1.29, 1.82) is 0 Å². The van der Waals surface area contributed by atoms with Crippen molar-refractivity contribution in [3.05, 3.63) is 94.9 Å². The molecule has 0 aliphatic carbocycles. The number of methoxy groups -OCH3 is 1. The average molecular weight is 416 g/mol. The molecule has 1 N–H and O–H groups in total. The Morgan fingerprint density at radius 3 is 2.26 bits per heavy atom. The number of benzene rings is 3. The SMILES string of the molecule is COc1ccc(C2=C(Nc3cccc(F)c3)C(=O)N(c3ccc(C)c(C)c3)C2=O)cc1. The molecule has 0 spiro atoms. The summed E-state index contributed by atoms with van der Waals surface area (Å²) in [6.45, 7) is 3.89. The fraction of sp³-hybridized carbons (Fsp3) is 0.120. The van der Waals surface area contributed by atoms with Crippen LogP contribution in [0.3, 0.4) is 0 Å². The molecule has 5 nitrogen and oxygen atoms in total. The van der Waals surface area contributed by atoms with Gasteiger partial charge in [-0.05, 0) is 73.0 Å². The van der Waals surface area contributed by atoms with Crippen LogP contribution in [0.15, 0.2) is 72.4 Å². The van der Waals surface area contributed by atoms with E-state index in [1.165, 1.54) is 18.2 Å². The fourth-order valence-electron chi connectivity index (χ4n) is 3.48. The molecule has 1 heterocycles. The third-order valence-corrected chi connectivity index (χ3v) is 5.31. The van der Waals surface area contributed by atoms with Gasteiger partial charge >= 0.3 is 0 Å². The predicted octanol–water partition coefficient (Wildman–Crippen LogP) is 4.85. The van der Waals surface area contributed by atoms with Crippen LogP contribution in [0.25, 0.3) is 5.57 Å². The lowest BCUT2D eigenvalue weighted by Gasteiger charge is -2.17. The Morgan fingerprint density at radius 2 is 1.61 bits per heavy atom. The van der Waals surface area contributed by atoms with E-state index in [9.17, 15) is 14.0 Å². The van der Waals surface area contributed by atoms with Crippen LogP contribution in [0, 0.1) is 19.7 Å².